The molecule has 12 aromatic rings. The largest absolute Gasteiger partial charge is 0.490 e. The highest BCUT2D eigenvalue weighted by atomic mass is 32.1. The second-order valence-corrected chi connectivity index (χ2v) is 31.0. The van der Waals surface area contributed by atoms with E-state index in [0.29, 0.717) is 80.9 Å². The van der Waals surface area contributed by atoms with Gasteiger partial charge in [0.15, 0.2) is 18.3 Å². The van der Waals surface area contributed by atoms with Crippen LogP contribution in [0.25, 0.3) is 30.3 Å². The Morgan fingerprint density at radius 2 is 0.693 bits per heavy atom. The second kappa shape index (κ2) is 54.6. The van der Waals surface area contributed by atoms with Crippen LogP contribution in [0.15, 0.2) is 212 Å². The number of carbonyl (C=O) groups is 8. The molecule has 0 aliphatic carbocycles. The molecule has 0 bridgehead atoms. The predicted molar refractivity (Wildman–Crippen MR) is 488 cm³/mol. The summed E-state index contributed by atoms with van der Waals surface area (Å²) in [6, 6.07) is 66.7. The smallest absolute Gasteiger partial charge is 0.481 e. The number of halogens is 15. The minimum atomic E-state index is -5.08. The van der Waals surface area contributed by atoms with Crippen LogP contribution in [0, 0.1) is 30.1 Å². The van der Waals surface area contributed by atoms with Crippen molar-refractivity contribution >= 4 is 147 Å². The molecule has 0 saturated heterocycles. The average Bonchev–Trinajstić information content (AvgIpc) is 1.66. The number of hydrogen-bond donors (Lipinski definition) is 16. The van der Waals surface area contributed by atoms with Crippen molar-refractivity contribution in [3.8, 4) is 17.2 Å². The molecule has 19 N–H and O–H groups in total. The lowest BCUT2D eigenvalue weighted by molar-refractivity contribution is -0.193. The Kier molecular flexibility index (Phi) is 44.9. The molecule has 3 unspecified atom stereocenters. The van der Waals surface area contributed by atoms with E-state index in [1.165, 1.54) is 34.0 Å². The highest BCUT2D eigenvalue weighted by molar-refractivity contribution is 7.21. The van der Waals surface area contributed by atoms with Gasteiger partial charge in [-0.2, -0.15) is 71.0 Å². The highest BCUT2D eigenvalue weighted by Gasteiger charge is 2.41. The number of carboxylic acids is 5. The van der Waals surface area contributed by atoms with E-state index in [1.54, 1.807) is 11.8 Å². The molecule has 8 aromatic carbocycles. The van der Waals surface area contributed by atoms with E-state index in [1.807, 2.05) is 240 Å². The highest BCUT2D eigenvalue weighted by Crippen LogP contribution is 2.40. The van der Waals surface area contributed by atoms with Crippen molar-refractivity contribution in [3.63, 3.8) is 0 Å². The zero-order chi connectivity index (χ0) is 105. The fraction of sp³-hybridized carbons (Fsp3) is 0.236. The number of rotatable bonds is 29. The number of nitrogen functional groups attached to an aromatic ring is 3. The third-order valence-electron chi connectivity index (χ3n) is 17.5. The fourth-order valence-corrected chi connectivity index (χ4v) is 13.9. The summed E-state index contributed by atoms with van der Waals surface area (Å²) >= 11 is 4.31. The SMILES string of the molecule is CCNCc1ccccc1NC(=O)OCC(Oc1cccc2sc(C(=N)N)cc12)c1ccccc1.CNCc1ccccc1NC(=O)OCC(Oc1cccc2sc(C(=N)N)cc12)c1ccccc1.COCCn1nc(C)c(NC(=O)OCC(Oc2cccc3sc(C(=N)N)cc23)c2ccccc2)c1C.O=C(O)C(F)(F)F.O=C(O)C(F)(F)F.O=C(O)C(F)(F)F.O=C(O)C(F)(F)F.O=C(O)C(F)(F)F. The van der Waals surface area contributed by atoms with Crippen LogP contribution >= 0.6 is 34.0 Å². The van der Waals surface area contributed by atoms with Crippen molar-refractivity contribution in [3.05, 3.63) is 266 Å². The number of benzene rings is 8. The summed E-state index contributed by atoms with van der Waals surface area (Å²) in [5.74, 6) is -11.8. The third kappa shape index (κ3) is 38.7. The molecule has 3 amide bonds. The van der Waals surface area contributed by atoms with Crippen LogP contribution in [0.2, 0.25) is 0 Å². The first-order valence-electron chi connectivity index (χ1n) is 39.8. The summed E-state index contributed by atoms with van der Waals surface area (Å²) in [4.78, 5) is 84.5. The lowest BCUT2D eigenvalue weighted by Gasteiger charge is -2.20. The molecule has 0 radical (unpaired) electrons. The maximum atomic E-state index is 12.7. The van der Waals surface area contributed by atoms with Gasteiger partial charge in [0, 0.05) is 61.8 Å². The maximum absolute atomic E-state index is 12.7. The van der Waals surface area contributed by atoms with Gasteiger partial charge < -0.3 is 86.5 Å². The van der Waals surface area contributed by atoms with E-state index in [0.717, 1.165) is 70.3 Å². The number of aliphatic carboxylic acids is 5. The zero-order valence-electron chi connectivity index (χ0n) is 73.5. The Bertz CT molecular complexity index is 6010. The number of nitrogens with two attached hydrogens (primary N) is 3. The van der Waals surface area contributed by atoms with Gasteiger partial charge in [0.05, 0.1) is 44.9 Å². The lowest BCUT2D eigenvalue weighted by atomic mass is 10.1. The van der Waals surface area contributed by atoms with Gasteiger partial charge >= 0.3 is 79.0 Å². The Morgan fingerprint density at radius 3 is 0.964 bits per heavy atom. The molecule has 4 heterocycles. The lowest BCUT2D eigenvalue weighted by Crippen LogP contribution is -2.22. The van der Waals surface area contributed by atoms with Gasteiger partial charge in [-0.15, -0.1) is 34.0 Å². The Balaban J connectivity index is 0.000000315. The number of carbonyl (C=O) groups excluding carboxylic acids is 3. The van der Waals surface area contributed by atoms with E-state index in [4.69, 9.17) is 116 Å². The quantitative estimate of drug-likeness (QED) is 0.00896. The van der Waals surface area contributed by atoms with Crippen LogP contribution in [0.1, 0.15) is 79.1 Å². The molecule has 4 aromatic heterocycles. The van der Waals surface area contributed by atoms with E-state index < -0.39 is 97.3 Å². The summed E-state index contributed by atoms with van der Waals surface area (Å²) in [6.07, 6.45) is -28.7. The monoisotopic (exact) mass is 2040 g/mol. The number of anilines is 3. The number of aryl methyl sites for hydroxylation is 1. The number of nitrogens with one attached hydrogen (secondary N) is 8. The summed E-state index contributed by atoms with van der Waals surface area (Å²) in [7, 11) is 3.48. The fourth-order valence-electron chi connectivity index (χ4n) is 11.1. The second-order valence-electron chi connectivity index (χ2n) is 27.7. The number of nitrogens with zero attached hydrogens (tertiary/aromatic N) is 2. The first-order chi connectivity index (χ1) is 65.7. The van der Waals surface area contributed by atoms with Gasteiger partial charge in [-0.25, -0.2) is 38.4 Å². The normalized spacial score (nSPS) is 11.6. The van der Waals surface area contributed by atoms with Crippen LogP contribution in [0.4, 0.5) is 97.3 Å². The number of hydrogen-bond acceptors (Lipinski definition) is 24. The van der Waals surface area contributed by atoms with Crippen molar-refractivity contribution in [1.82, 2.24) is 20.4 Å². The summed E-state index contributed by atoms with van der Waals surface area (Å²) < 4.78 is 204. The zero-order valence-corrected chi connectivity index (χ0v) is 75.9. The Morgan fingerprint density at radius 1 is 0.414 bits per heavy atom. The van der Waals surface area contributed by atoms with E-state index in [-0.39, 0.29) is 37.3 Å². The molecular weight excluding hydrogens is 1950 g/mol. The minimum absolute atomic E-state index is 0.00809. The van der Waals surface area contributed by atoms with Crippen molar-refractivity contribution in [2.24, 2.45) is 17.2 Å². The van der Waals surface area contributed by atoms with Gasteiger partial charge in [0.1, 0.15) is 54.6 Å². The number of amidine groups is 3. The van der Waals surface area contributed by atoms with Crippen LogP contribution in [-0.4, -0.2) is 179 Å². The first kappa shape index (κ1) is 115. The van der Waals surface area contributed by atoms with E-state index in [2.05, 4.69) is 31.7 Å². The van der Waals surface area contributed by atoms with Crippen molar-refractivity contribution < 1.29 is 163 Å². The molecule has 12 rings (SSSR count). The number of amides is 3. The average molecular weight is 2040 g/mol. The topological polar surface area (TPSA) is 530 Å². The number of ether oxygens (including phenoxy) is 7. The molecule has 0 aliphatic rings. The number of aromatic nitrogens is 2. The first-order valence-corrected chi connectivity index (χ1v) is 42.3. The Labute approximate surface area is 796 Å². The van der Waals surface area contributed by atoms with Crippen LogP contribution in [0.5, 0.6) is 17.2 Å². The number of fused-ring (bicyclic) bond motifs is 3. The van der Waals surface area contributed by atoms with E-state index >= 15 is 0 Å². The molecule has 3 atom stereocenters. The standard InChI is InChI=1S/C27H28N4O3S.C26H29N5O4S.C26H26N4O3S.5C2HF3O2/c1-2-30-16-19-11-6-7-12-21(19)31-27(32)33-17-23(18-9-4-3-5-10-18)34-22-13-8-14-24-20(22)15-25(35-24)26(28)29;1-16-24(17(2)31(30-16)12-13-33-3)29-26(32)34-15-21(18-8-5-4-6-9-18)35-20-10-7-11-22-19(20)14-23(36-22)25(27)28;1-29-15-18-10-5-6-11-20(18)30-26(31)32-16-22(17-8-3-2-4-9-17)33-21-12-7-13-23-19(21)14-24(34-23)25(27)28;5*3-2(4,5)1(6)7/h3-15,23,30H,2,16-17H2,1H3,(H3,28,29)(H,31,32);4-11,14,21H,12-13,15H2,1-3H3,(H3,27,28)(H,29,32);2-14,22,29H,15-16H2,1H3,(H3,27,28)(H,30,31);5*(H,6,7). The molecule has 752 valence electrons. The number of alkyl halides is 15. The molecule has 140 heavy (non-hydrogen) atoms. The summed E-state index contributed by atoms with van der Waals surface area (Å²) in [5, 5.41) is 80.8. The number of carboxylic acid groups (broad SMARTS) is 5. The van der Waals surface area contributed by atoms with Crippen LogP contribution < -0.4 is 58.0 Å². The van der Waals surface area contributed by atoms with Gasteiger partial charge in [-0.1, -0.05) is 153 Å². The van der Waals surface area contributed by atoms with Crippen LogP contribution in [-0.2, 0) is 62.6 Å². The molecule has 0 spiro atoms. The molecule has 33 nitrogen and oxygen atoms in total. The maximum Gasteiger partial charge on any atom is 0.490 e. The van der Waals surface area contributed by atoms with Crippen molar-refractivity contribution in [2.45, 2.75) is 89.6 Å². The summed E-state index contributed by atoms with van der Waals surface area (Å²) in [5.41, 5.74) is 25.2. The van der Waals surface area contributed by atoms with Gasteiger partial charge in [0.2, 0.25) is 0 Å². The molecular formula is C89H88F15N13O20S3. The predicted octanol–water partition coefficient (Wildman–Crippen LogP) is 19.1. The molecule has 51 heteroatoms. The summed E-state index contributed by atoms with van der Waals surface area (Å²) in [6.45, 7) is 8.99. The number of para-hydroxylation sites is 2. The van der Waals surface area contributed by atoms with E-state index in [9.17, 15) is 80.2 Å². The molecule has 0 saturated carbocycles. The number of methoxy groups -OCH3 is 1. The van der Waals surface area contributed by atoms with Crippen LogP contribution in [0.3, 0.4) is 0 Å². The minimum Gasteiger partial charge on any atom is -0.481 e. The third-order valence-corrected chi connectivity index (χ3v) is 20.9. The number of thiophene rings is 3. The van der Waals surface area contributed by atoms with Gasteiger partial charge in [-0.05, 0) is 122 Å². The van der Waals surface area contributed by atoms with Crippen molar-refractivity contribution in [1.29, 1.82) is 16.2 Å². The van der Waals surface area contributed by atoms with Gasteiger partial charge in [-0.3, -0.25) is 36.9 Å². The van der Waals surface area contributed by atoms with Gasteiger partial charge in [0.25, 0.3) is 0 Å². The molecule has 0 fully saturated rings. The van der Waals surface area contributed by atoms with Crippen molar-refractivity contribution in [2.75, 3.05) is 63.1 Å². The molecule has 0 aliphatic heterocycles. The Hall–Kier alpha value is -15.4.